The van der Waals surface area contributed by atoms with E-state index < -0.39 is 11.8 Å². The van der Waals surface area contributed by atoms with Crippen molar-refractivity contribution in [1.29, 1.82) is 0 Å². The molecule has 2 aromatic rings. The van der Waals surface area contributed by atoms with Crippen LogP contribution in [0.1, 0.15) is 21.9 Å². The first-order chi connectivity index (χ1) is 10.6. The number of hydrogen-bond donors (Lipinski definition) is 3. The van der Waals surface area contributed by atoms with Crippen molar-refractivity contribution < 1.29 is 18.4 Å². The molecule has 0 saturated heterocycles. The Labute approximate surface area is 131 Å². The second kappa shape index (κ2) is 7.23. The number of hydrazine groups is 1. The van der Waals surface area contributed by atoms with Crippen LogP contribution in [-0.2, 0) is 4.79 Å². The fourth-order valence-corrected chi connectivity index (χ4v) is 1.68. The third-order valence-electron chi connectivity index (χ3n) is 2.57. The van der Waals surface area contributed by atoms with E-state index in [4.69, 9.17) is 21.1 Å². The predicted molar refractivity (Wildman–Crippen MR) is 82.5 cm³/mol. The van der Waals surface area contributed by atoms with Gasteiger partial charge in [0.2, 0.25) is 5.91 Å². The van der Waals surface area contributed by atoms with Crippen LogP contribution in [-0.4, -0.2) is 16.9 Å². The molecule has 114 valence electrons. The maximum Gasteiger partial charge on any atom is 0.273 e. The third kappa shape index (κ3) is 4.32. The van der Waals surface area contributed by atoms with Gasteiger partial charge in [-0.05, 0) is 43.4 Å². The molecule has 7 nitrogen and oxygen atoms in total. The lowest BCUT2D eigenvalue weighted by Gasteiger charge is -2.09. The Morgan fingerprint density at radius 1 is 1.18 bits per heavy atom. The molecule has 2 rings (SSSR count). The molecule has 0 aliphatic carbocycles. The second-order valence-corrected chi connectivity index (χ2v) is 4.54. The largest absolute Gasteiger partial charge is 0.469 e. The highest BCUT2D eigenvalue weighted by molar-refractivity contribution is 7.80. The van der Waals surface area contributed by atoms with Crippen LogP contribution in [0.2, 0.25) is 0 Å². The summed E-state index contributed by atoms with van der Waals surface area (Å²) in [4.78, 5) is 23.3. The van der Waals surface area contributed by atoms with Crippen LogP contribution in [0, 0.1) is 6.92 Å². The first-order valence-electron chi connectivity index (χ1n) is 6.23. The molecular weight excluding hydrogens is 306 g/mol. The van der Waals surface area contributed by atoms with Crippen LogP contribution in [0.3, 0.4) is 0 Å². The summed E-state index contributed by atoms with van der Waals surface area (Å²) in [7, 11) is 0. The van der Waals surface area contributed by atoms with Crippen LogP contribution in [0.4, 0.5) is 0 Å². The molecule has 0 bridgehead atoms. The number of furan rings is 2. The second-order valence-electron chi connectivity index (χ2n) is 4.14. The molecule has 0 aromatic carbocycles. The number of hydrogen-bond acceptors (Lipinski definition) is 5. The maximum absolute atomic E-state index is 11.8. The molecular formula is C14H13N3O4S. The minimum Gasteiger partial charge on any atom is -0.469 e. The standard InChI is InChI=1S/C14H13N3O4S/c1-9-11(6-8-20-9)13(19)16-17-14(22)15-12(18)5-4-10-3-2-7-21-10/h2-8H,1H3,(H,16,19)(H2,15,17,18,22). The van der Waals surface area contributed by atoms with Crippen molar-refractivity contribution >= 4 is 35.2 Å². The fourth-order valence-electron chi connectivity index (χ4n) is 1.53. The van der Waals surface area contributed by atoms with Crippen molar-refractivity contribution in [3.05, 3.63) is 53.9 Å². The molecule has 2 amide bonds. The summed E-state index contributed by atoms with van der Waals surface area (Å²) in [6.07, 6.45) is 5.65. The number of carbonyl (C=O) groups excluding carboxylic acids is 2. The highest BCUT2D eigenvalue weighted by Crippen LogP contribution is 2.07. The number of nitrogens with one attached hydrogen (secondary N) is 3. The summed E-state index contributed by atoms with van der Waals surface area (Å²) in [6.45, 7) is 1.66. The number of aryl methyl sites for hydroxylation is 1. The molecule has 2 aromatic heterocycles. The van der Waals surface area contributed by atoms with Crippen molar-refractivity contribution in [3.8, 4) is 0 Å². The summed E-state index contributed by atoms with van der Waals surface area (Å²) in [5.74, 6) is 0.144. The number of rotatable bonds is 3. The minimum atomic E-state index is -0.456. The van der Waals surface area contributed by atoms with Crippen molar-refractivity contribution in [3.63, 3.8) is 0 Å². The highest BCUT2D eigenvalue weighted by Gasteiger charge is 2.11. The first kappa shape index (κ1) is 15.5. The maximum atomic E-state index is 11.8. The lowest BCUT2D eigenvalue weighted by atomic mass is 10.2. The Balaban J connectivity index is 1.77. The van der Waals surface area contributed by atoms with Gasteiger partial charge in [-0.3, -0.25) is 25.8 Å². The molecule has 0 spiro atoms. The quantitative estimate of drug-likeness (QED) is 0.451. The van der Waals surface area contributed by atoms with Gasteiger partial charge in [-0.25, -0.2) is 0 Å². The van der Waals surface area contributed by atoms with E-state index in [1.165, 1.54) is 30.7 Å². The van der Waals surface area contributed by atoms with E-state index in [9.17, 15) is 9.59 Å². The van der Waals surface area contributed by atoms with Crippen LogP contribution in [0.15, 0.2) is 45.6 Å². The summed E-state index contributed by atoms with van der Waals surface area (Å²) >= 11 is 4.89. The van der Waals surface area contributed by atoms with Gasteiger partial charge in [0.1, 0.15) is 11.5 Å². The lowest BCUT2D eigenvalue weighted by Crippen LogP contribution is -2.48. The summed E-state index contributed by atoms with van der Waals surface area (Å²) in [6, 6.07) is 4.94. The highest BCUT2D eigenvalue weighted by atomic mass is 32.1. The Bertz CT molecular complexity index is 704. The van der Waals surface area contributed by atoms with Gasteiger partial charge >= 0.3 is 0 Å². The lowest BCUT2D eigenvalue weighted by molar-refractivity contribution is -0.115. The SMILES string of the molecule is Cc1occc1C(=O)NNC(=S)NC(=O)C=Cc1ccco1. The Morgan fingerprint density at radius 3 is 2.64 bits per heavy atom. The zero-order valence-electron chi connectivity index (χ0n) is 11.6. The summed E-state index contributed by atoms with van der Waals surface area (Å²) in [5, 5.41) is 2.33. The molecule has 0 saturated carbocycles. The average molecular weight is 319 g/mol. The smallest absolute Gasteiger partial charge is 0.273 e. The van der Waals surface area contributed by atoms with Gasteiger partial charge in [0.15, 0.2) is 5.11 Å². The van der Waals surface area contributed by atoms with E-state index in [1.54, 1.807) is 19.1 Å². The first-order valence-corrected chi connectivity index (χ1v) is 6.64. The average Bonchev–Trinajstić information content (AvgIpc) is 3.14. The molecule has 0 atom stereocenters. The van der Waals surface area contributed by atoms with Crippen LogP contribution < -0.4 is 16.2 Å². The van der Waals surface area contributed by atoms with Crippen molar-refractivity contribution in [1.82, 2.24) is 16.2 Å². The van der Waals surface area contributed by atoms with Gasteiger partial charge < -0.3 is 8.83 Å². The van der Waals surface area contributed by atoms with Crippen molar-refractivity contribution in [2.45, 2.75) is 6.92 Å². The molecule has 2 heterocycles. The normalized spacial score (nSPS) is 10.4. The van der Waals surface area contributed by atoms with E-state index in [2.05, 4.69) is 16.2 Å². The zero-order chi connectivity index (χ0) is 15.9. The Hall–Kier alpha value is -2.87. The third-order valence-corrected chi connectivity index (χ3v) is 2.78. The van der Waals surface area contributed by atoms with Crippen LogP contribution in [0.5, 0.6) is 0 Å². The monoisotopic (exact) mass is 319 g/mol. The van der Waals surface area contributed by atoms with Gasteiger partial charge in [0.25, 0.3) is 5.91 Å². The number of thiocarbonyl (C=S) groups is 1. The minimum absolute atomic E-state index is 0.0383. The fraction of sp³-hybridized carbons (Fsp3) is 0.0714. The van der Waals surface area contributed by atoms with Gasteiger partial charge in [-0.15, -0.1) is 0 Å². The molecule has 0 radical (unpaired) electrons. The van der Waals surface area contributed by atoms with Gasteiger partial charge in [0, 0.05) is 6.08 Å². The molecule has 8 heteroatoms. The van der Waals surface area contributed by atoms with E-state index in [1.807, 2.05) is 0 Å². The van der Waals surface area contributed by atoms with Gasteiger partial charge in [-0.1, -0.05) is 0 Å². The van der Waals surface area contributed by atoms with E-state index in [0.29, 0.717) is 17.1 Å². The van der Waals surface area contributed by atoms with Crippen molar-refractivity contribution in [2.75, 3.05) is 0 Å². The topological polar surface area (TPSA) is 96.5 Å². The molecule has 0 unspecified atom stereocenters. The number of carbonyl (C=O) groups is 2. The zero-order valence-corrected chi connectivity index (χ0v) is 12.4. The molecule has 0 aliphatic rings. The number of amides is 2. The van der Waals surface area contributed by atoms with Crippen LogP contribution in [0.25, 0.3) is 6.08 Å². The molecule has 0 aliphatic heterocycles. The van der Waals surface area contributed by atoms with Gasteiger partial charge in [0.05, 0.1) is 18.1 Å². The summed E-state index contributed by atoms with van der Waals surface area (Å²) < 4.78 is 10.1. The Kier molecular flexibility index (Phi) is 5.10. The van der Waals surface area contributed by atoms with Crippen molar-refractivity contribution in [2.24, 2.45) is 0 Å². The van der Waals surface area contributed by atoms with Gasteiger partial charge in [-0.2, -0.15) is 0 Å². The predicted octanol–water partition coefficient (Wildman–Crippen LogP) is 1.53. The Morgan fingerprint density at radius 2 is 2.00 bits per heavy atom. The molecule has 3 N–H and O–H groups in total. The molecule has 22 heavy (non-hydrogen) atoms. The van der Waals surface area contributed by atoms with E-state index in [0.717, 1.165) is 0 Å². The summed E-state index contributed by atoms with van der Waals surface area (Å²) in [5.41, 5.74) is 5.15. The molecule has 0 fully saturated rings. The van der Waals surface area contributed by atoms with E-state index >= 15 is 0 Å². The van der Waals surface area contributed by atoms with Crippen LogP contribution >= 0.6 is 12.2 Å². The van der Waals surface area contributed by atoms with E-state index in [-0.39, 0.29) is 5.11 Å².